The van der Waals surface area contributed by atoms with Crippen LogP contribution in [0.15, 0.2) is 60.8 Å². The lowest BCUT2D eigenvalue weighted by molar-refractivity contribution is 0.0601. The van der Waals surface area contributed by atoms with Gasteiger partial charge in [0, 0.05) is 11.8 Å². The summed E-state index contributed by atoms with van der Waals surface area (Å²) in [7, 11) is 1.41. The van der Waals surface area contributed by atoms with E-state index in [1.807, 2.05) is 6.07 Å². The van der Waals surface area contributed by atoms with Crippen LogP contribution in [-0.4, -0.2) is 18.1 Å². The molecule has 0 aliphatic heterocycles. The molecular formula is C25H21NO2. The van der Waals surface area contributed by atoms with Crippen molar-refractivity contribution >= 4 is 27.5 Å². The Bertz CT molecular complexity index is 1230. The zero-order valence-corrected chi connectivity index (χ0v) is 15.9. The van der Waals surface area contributed by atoms with Gasteiger partial charge in [0.25, 0.3) is 0 Å². The molecule has 0 amide bonds. The largest absolute Gasteiger partial charge is 0.465 e. The highest BCUT2D eigenvalue weighted by molar-refractivity contribution is 6.15. The molecule has 1 aliphatic rings. The quantitative estimate of drug-likeness (QED) is 0.336. The van der Waals surface area contributed by atoms with Crippen LogP contribution in [0.2, 0.25) is 0 Å². The van der Waals surface area contributed by atoms with Crippen molar-refractivity contribution in [3.8, 4) is 11.3 Å². The van der Waals surface area contributed by atoms with Gasteiger partial charge in [-0.15, -0.1) is 0 Å². The monoisotopic (exact) mass is 367 g/mol. The van der Waals surface area contributed by atoms with Crippen LogP contribution in [0.5, 0.6) is 0 Å². The van der Waals surface area contributed by atoms with E-state index in [4.69, 9.17) is 4.74 Å². The number of ether oxygens (including phenoxy) is 1. The summed E-state index contributed by atoms with van der Waals surface area (Å²) < 4.78 is 5.01. The van der Waals surface area contributed by atoms with Crippen LogP contribution in [0.1, 0.15) is 34.3 Å². The Morgan fingerprint density at radius 2 is 1.68 bits per heavy atom. The van der Waals surface area contributed by atoms with Crippen molar-refractivity contribution in [3.63, 3.8) is 0 Å². The Kier molecular flexibility index (Phi) is 4.09. The van der Waals surface area contributed by atoms with Gasteiger partial charge in [0.1, 0.15) is 0 Å². The standard InChI is InChI=1S/C25H21NO2/c1-28-25(27)21-11-6-14-26-24(21)23-15-22-17-8-3-2-7-16(17)12-13-20(22)18-9-4-5-10-19(18)23/h4-6,9-15H,2-3,7-8H2,1H3. The third kappa shape index (κ3) is 2.58. The van der Waals surface area contributed by atoms with Gasteiger partial charge in [0.05, 0.1) is 18.4 Å². The predicted molar refractivity (Wildman–Crippen MR) is 113 cm³/mol. The Morgan fingerprint density at radius 1 is 0.893 bits per heavy atom. The molecule has 0 atom stereocenters. The zero-order valence-electron chi connectivity index (χ0n) is 15.9. The van der Waals surface area contributed by atoms with Crippen molar-refractivity contribution in [3.05, 3.63) is 77.5 Å². The number of hydrogen-bond donors (Lipinski definition) is 0. The van der Waals surface area contributed by atoms with E-state index in [-0.39, 0.29) is 5.97 Å². The van der Waals surface area contributed by atoms with E-state index in [1.54, 1.807) is 18.3 Å². The van der Waals surface area contributed by atoms with E-state index in [0.29, 0.717) is 11.3 Å². The fourth-order valence-corrected chi connectivity index (χ4v) is 4.52. The first-order chi connectivity index (χ1) is 13.8. The van der Waals surface area contributed by atoms with E-state index in [1.165, 1.54) is 47.2 Å². The Balaban J connectivity index is 1.90. The van der Waals surface area contributed by atoms with E-state index in [0.717, 1.165) is 23.8 Å². The predicted octanol–water partition coefficient (Wildman–Crippen LogP) is 5.72. The maximum absolute atomic E-state index is 12.4. The second-order valence-electron chi connectivity index (χ2n) is 7.37. The highest BCUT2D eigenvalue weighted by atomic mass is 16.5. The van der Waals surface area contributed by atoms with Crippen LogP contribution in [-0.2, 0) is 17.6 Å². The summed E-state index contributed by atoms with van der Waals surface area (Å²) in [6, 6.07) is 18.7. The topological polar surface area (TPSA) is 39.2 Å². The van der Waals surface area contributed by atoms with Crippen molar-refractivity contribution < 1.29 is 9.53 Å². The second kappa shape index (κ2) is 6.75. The Labute approximate surface area is 164 Å². The Morgan fingerprint density at radius 3 is 2.54 bits per heavy atom. The molecule has 4 aromatic rings. The average Bonchev–Trinajstić information content (AvgIpc) is 2.77. The molecule has 3 heteroatoms. The summed E-state index contributed by atoms with van der Waals surface area (Å²) in [6.45, 7) is 0. The van der Waals surface area contributed by atoms with E-state index in [9.17, 15) is 4.79 Å². The lowest BCUT2D eigenvalue weighted by Gasteiger charge is -2.20. The SMILES string of the molecule is COC(=O)c1cccnc1-c1cc2c3c(ccc2c2ccccc12)CCCC3. The molecule has 138 valence electrons. The second-order valence-corrected chi connectivity index (χ2v) is 7.37. The first-order valence-corrected chi connectivity index (χ1v) is 9.78. The minimum Gasteiger partial charge on any atom is -0.465 e. The number of aryl methyl sites for hydroxylation is 2. The number of fused-ring (bicyclic) bond motifs is 5. The first kappa shape index (κ1) is 16.9. The third-order valence-corrected chi connectivity index (χ3v) is 5.84. The lowest BCUT2D eigenvalue weighted by atomic mass is 9.84. The number of nitrogens with zero attached hydrogens (tertiary/aromatic N) is 1. The molecule has 28 heavy (non-hydrogen) atoms. The van der Waals surface area contributed by atoms with Crippen LogP contribution >= 0.6 is 0 Å². The zero-order chi connectivity index (χ0) is 19.1. The van der Waals surface area contributed by atoms with Gasteiger partial charge < -0.3 is 4.74 Å². The molecule has 0 radical (unpaired) electrons. The number of esters is 1. The number of hydrogen-bond acceptors (Lipinski definition) is 3. The van der Waals surface area contributed by atoms with Gasteiger partial charge in [0.2, 0.25) is 0 Å². The molecule has 1 aliphatic carbocycles. The van der Waals surface area contributed by atoms with Crippen LogP contribution < -0.4 is 0 Å². The minimum atomic E-state index is -0.359. The van der Waals surface area contributed by atoms with Crippen molar-refractivity contribution in [2.75, 3.05) is 7.11 Å². The van der Waals surface area contributed by atoms with E-state index >= 15 is 0 Å². The number of methoxy groups -OCH3 is 1. The molecule has 5 rings (SSSR count). The van der Waals surface area contributed by atoms with Gasteiger partial charge in [0.15, 0.2) is 0 Å². The fraction of sp³-hybridized carbons (Fsp3) is 0.200. The summed E-state index contributed by atoms with van der Waals surface area (Å²) in [4.78, 5) is 17.0. The molecule has 3 aromatic carbocycles. The molecule has 0 saturated heterocycles. The summed E-state index contributed by atoms with van der Waals surface area (Å²) >= 11 is 0. The van der Waals surface area contributed by atoms with Gasteiger partial charge in [-0.1, -0.05) is 36.4 Å². The maximum Gasteiger partial charge on any atom is 0.340 e. The summed E-state index contributed by atoms with van der Waals surface area (Å²) in [5, 5.41) is 4.86. The van der Waals surface area contributed by atoms with Crippen molar-refractivity contribution in [1.29, 1.82) is 0 Å². The van der Waals surface area contributed by atoms with E-state index < -0.39 is 0 Å². The average molecular weight is 367 g/mol. The lowest BCUT2D eigenvalue weighted by Crippen LogP contribution is -2.06. The molecule has 0 unspecified atom stereocenters. The number of pyridine rings is 1. The fourth-order valence-electron chi connectivity index (χ4n) is 4.52. The highest BCUT2D eigenvalue weighted by Crippen LogP contribution is 2.39. The number of benzene rings is 3. The minimum absolute atomic E-state index is 0.359. The molecule has 1 aromatic heterocycles. The van der Waals surface area contributed by atoms with Crippen LogP contribution in [0.4, 0.5) is 0 Å². The smallest absolute Gasteiger partial charge is 0.340 e. The summed E-state index contributed by atoms with van der Waals surface area (Å²) in [5.41, 5.74) is 5.07. The summed E-state index contributed by atoms with van der Waals surface area (Å²) in [6.07, 6.45) is 6.47. The van der Waals surface area contributed by atoms with Gasteiger partial charge in [-0.05, 0) is 76.6 Å². The normalized spacial score (nSPS) is 13.5. The van der Waals surface area contributed by atoms with Gasteiger partial charge in [-0.3, -0.25) is 4.98 Å². The number of carbonyl (C=O) groups excluding carboxylic acids is 1. The molecule has 0 fully saturated rings. The molecule has 0 spiro atoms. The number of aromatic nitrogens is 1. The maximum atomic E-state index is 12.4. The molecule has 3 nitrogen and oxygen atoms in total. The van der Waals surface area contributed by atoms with Crippen LogP contribution in [0.25, 0.3) is 32.8 Å². The number of rotatable bonds is 2. The molecule has 0 saturated carbocycles. The van der Waals surface area contributed by atoms with Crippen LogP contribution in [0, 0.1) is 0 Å². The number of carbonyl (C=O) groups is 1. The molecule has 0 bridgehead atoms. The van der Waals surface area contributed by atoms with Gasteiger partial charge in [-0.25, -0.2) is 4.79 Å². The highest BCUT2D eigenvalue weighted by Gasteiger charge is 2.20. The van der Waals surface area contributed by atoms with Gasteiger partial charge >= 0.3 is 5.97 Å². The van der Waals surface area contributed by atoms with Crippen molar-refractivity contribution in [1.82, 2.24) is 4.98 Å². The first-order valence-electron chi connectivity index (χ1n) is 9.78. The van der Waals surface area contributed by atoms with Crippen LogP contribution in [0.3, 0.4) is 0 Å². The Hall–Kier alpha value is -3.20. The van der Waals surface area contributed by atoms with E-state index in [2.05, 4.69) is 41.4 Å². The molecule has 0 N–H and O–H groups in total. The third-order valence-electron chi connectivity index (χ3n) is 5.84. The summed E-state index contributed by atoms with van der Waals surface area (Å²) in [5.74, 6) is -0.359. The van der Waals surface area contributed by atoms with Gasteiger partial charge in [-0.2, -0.15) is 0 Å². The molecular weight excluding hydrogens is 346 g/mol. The van der Waals surface area contributed by atoms with Crippen molar-refractivity contribution in [2.24, 2.45) is 0 Å². The van der Waals surface area contributed by atoms with Crippen molar-refractivity contribution in [2.45, 2.75) is 25.7 Å². The molecule has 1 heterocycles.